The summed E-state index contributed by atoms with van der Waals surface area (Å²) in [4.78, 5) is 18.4. The quantitative estimate of drug-likeness (QED) is 0.584. The molecule has 1 N–H and O–H groups in total. The maximum atomic E-state index is 12.9. The Balaban J connectivity index is 1.46. The van der Waals surface area contributed by atoms with Gasteiger partial charge in [-0.25, -0.2) is 4.98 Å². The molecule has 0 saturated heterocycles. The van der Waals surface area contributed by atoms with Crippen LogP contribution in [0.3, 0.4) is 0 Å². The van der Waals surface area contributed by atoms with Crippen molar-refractivity contribution < 1.29 is 4.79 Å². The van der Waals surface area contributed by atoms with Crippen LogP contribution in [0.5, 0.6) is 0 Å². The van der Waals surface area contributed by atoms with Gasteiger partial charge in [0.1, 0.15) is 5.69 Å². The molecule has 1 aliphatic rings. The second-order valence-corrected chi connectivity index (χ2v) is 7.50. The fourth-order valence-electron chi connectivity index (χ4n) is 3.34. The average molecular weight is 359 g/mol. The topological polar surface area (TPSA) is 46.4 Å². The minimum absolute atomic E-state index is 0.0467. The first-order chi connectivity index (χ1) is 12.8. The molecular formula is C21H17N3OS. The lowest BCUT2D eigenvalue weighted by Crippen LogP contribution is -2.35. The van der Waals surface area contributed by atoms with Gasteiger partial charge in [0.15, 0.2) is 4.96 Å². The van der Waals surface area contributed by atoms with Gasteiger partial charge in [-0.15, -0.1) is 11.3 Å². The lowest BCUT2D eigenvalue weighted by molar-refractivity contribution is 0.0925. The molecule has 4 nitrogen and oxygen atoms in total. The van der Waals surface area contributed by atoms with E-state index in [1.165, 1.54) is 16.9 Å². The van der Waals surface area contributed by atoms with E-state index in [0.717, 1.165) is 29.1 Å². The van der Waals surface area contributed by atoms with E-state index in [9.17, 15) is 4.79 Å². The molecule has 26 heavy (non-hydrogen) atoms. The van der Waals surface area contributed by atoms with Crippen LogP contribution in [0.15, 0.2) is 72.2 Å². The molecule has 0 aliphatic heterocycles. The monoisotopic (exact) mass is 359 g/mol. The molecule has 1 fully saturated rings. The summed E-state index contributed by atoms with van der Waals surface area (Å²) in [7, 11) is 0. The number of nitrogens with one attached hydrogen (secondary N) is 1. The Labute approximate surface area is 155 Å². The third-order valence-electron chi connectivity index (χ3n) is 4.94. The number of carbonyl (C=O) groups is 1. The molecule has 2 aromatic heterocycles. The molecule has 1 aliphatic carbocycles. The van der Waals surface area contributed by atoms with Gasteiger partial charge < -0.3 is 5.32 Å². The van der Waals surface area contributed by atoms with Crippen molar-refractivity contribution in [3.8, 4) is 11.3 Å². The third kappa shape index (κ3) is 2.52. The number of aromatic nitrogens is 2. The SMILES string of the molecule is O=C(NC1(c2ccccc2)CC1)c1csc2nc(-c3ccccc3)cn12. The smallest absolute Gasteiger partial charge is 0.269 e. The molecule has 0 spiro atoms. The van der Waals surface area contributed by atoms with Crippen LogP contribution >= 0.6 is 11.3 Å². The Kier molecular flexibility index (Phi) is 3.43. The Bertz CT molecular complexity index is 1080. The average Bonchev–Trinajstić information content (AvgIpc) is 3.17. The zero-order valence-corrected chi connectivity index (χ0v) is 14.9. The molecule has 5 heteroatoms. The fraction of sp³-hybridized carbons (Fsp3) is 0.143. The molecular weight excluding hydrogens is 342 g/mol. The number of hydrogen-bond acceptors (Lipinski definition) is 3. The maximum Gasteiger partial charge on any atom is 0.269 e. The lowest BCUT2D eigenvalue weighted by Gasteiger charge is -2.17. The van der Waals surface area contributed by atoms with Crippen LogP contribution in [-0.2, 0) is 5.54 Å². The zero-order valence-electron chi connectivity index (χ0n) is 14.1. The van der Waals surface area contributed by atoms with E-state index in [1.54, 1.807) is 0 Å². The van der Waals surface area contributed by atoms with E-state index in [1.807, 2.05) is 64.5 Å². The second kappa shape index (κ2) is 5.81. The van der Waals surface area contributed by atoms with Crippen molar-refractivity contribution in [2.24, 2.45) is 0 Å². The van der Waals surface area contributed by atoms with Gasteiger partial charge in [-0.1, -0.05) is 60.7 Å². The van der Waals surface area contributed by atoms with Crippen LogP contribution in [0.4, 0.5) is 0 Å². The van der Waals surface area contributed by atoms with Crippen molar-refractivity contribution in [2.75, 3.05) is 0 Å². The summed E-state index contributed by atoms with van der Waals surface area (Å²) in [6.45, 7) is 0. The summed E-state index contributed by atoms with van der Waals surface area (Å²) in [6.07, 6.45) is 3.91. The number of hydrogen-bond donors (Lipinski definition) is 1. The number of benzene rings is 2. The van der Waals surface area contributed by atoms with Gasteiger partial charge in [-0.2, -0.15) is 0 Å². The first-order valence-electron chi connectivity index (χ1n) is 8.65. The number of imidazole rings is 1. The predicted octanol–water partition coefficient (Wildman–Crippen LogP) is 4.48. The Morgan fingerprint density at radius 2 is 1.73 bits per heavy atom. The highest BCUT2D eigenvalue weighted by molar-refractivity contribution is 7.15. The molecule has 2 heterocycles. The van der Waals surface area contributed by atoms with E-state index in [-0.39, 0.29) is 11.4 Å². The first-order valence-corrected chi connectivity index (χ1v) is 9.53. The van der Waals surface area contributed by atoms with Gasteiger partial charge in [0.25, 0.3) is 5.91 Å². The van der Waals surface area contributed by atoms with Gasteiger partial charge >= 0.3 is 0 Å². The van der Waals surface area contributed by atoms with Crippen LogP contribution in [0.2, 0.25) is 0 Å². The van der Waals surface area contributed by atoms with Crippen LogP contribution in [0, 0.1) is 0 Å². The van der Waals surface area contributed by atoms with Gasteiger partial charge in [-0.3, -0.25) is 9.20 Å². The first kappa shape index (κ1) is 15.3. The van der Waals surface area contributed by atoms with Crippen LogP contribution in [0.1, 0.15) is 28.9 Å². The fourth-order valence-corrected chi connectivity index (χ4v) is 4.20. The molecule has 0 bridgehead atoms. The standard InChI is InChI=1S/C21H17N3OS/c25-19(23-21(11-12-21)16-9-5-2-6-10-16)18-14-26-20-22-17(13-24(18)20)15-7-3-1-4-8-15/h1-10,13-14H,11-12H2,(H,23,25). The number of thiazole rings is 1. The van der Waals surface area contributed by atoms with Gasteiger partial charge in [-0.05, 0) is 18.4 Å². The molecule has 1 amide bonds. The molecule has 0 atom stereocenters. The number of rotatable bonds is 4. The molecule has 4 aromatic rings. The van der Waals surface area contributed by atoms with Crippen molar-refractivity contribution >= 4 is 22.2 Å². The maximum absolute atomic E-state index is 12.9. The minimum Gasteiger partial charge on any atom is -0.341 e. The highest BCUT2D eigenvalue weighted by Crippen LogP contribution is 2.45. The van der Waals surface area contributed by atoms with Gasteiger partial charge in [0.2, 0.25) is 0 Å². The zero-order chi connectivity index (χ0) is 17.6. The summed E-state index contributed by atoms with van der Waals surface area (Å²) in [5.41, 5.74) is 3.54. The van der Waals surface area contributed by atoms with Crippen molar-refractivity contribution in [2.45, 2.75) is 18.4 Å². The van der Waals surface area contributed by atoms with E-state index in [4.69, 9.17) is 0 Å². The Morgan fingerprint density at radius 1 is 1.04 bits per heavy atom. The van der Waals surface area contributed by atoms with Crippen molar-refractivity contribution in [1.29, 1.82) is 0 Å². The van der Waals surface area contributed by atoms with E-state index >= 15 is 0 Å². The molecule has 128 valence electrons. The summed E-state index contributed by atoms with van der Waals surface area (Å²) in [6, 6.07) is 20.2. The molecule has 0 unspecified atom stereocenters. The van der Waals surface area contributed by atoms with Crippen molar-refractivity contribution in [3.63, 3.8) is 0 Å². The summed E-state index contributed by atoms with van der Waals surface area (Å²) in [5, 5.41) is 5.13. The van der Waals surface area contributed by atoms with E-state index in [0.29, 0.717) is 5.69 Å². The number of fused-ring (bicyclic) bond motifs is 1. The third-order valence-corrected chi connectivity index (χ3v) is 5.78. The molecule has 5 rings (SSSR count). The van der Waals surface area contributed by atoms with E-state index < -0.39 is 0 Å². The van der Waals surface area contributed by atoms with Crippen LogP contribution in [0.25, 0.3) is 16.2 Å². The summed E-state index contributed by atoms with van der Waals surface area (Å²) in [5.74, 6) is -0.0467. The highest BCUT2D eigenvalue weighted by atomic mass is 32.1. The largest absolute Gasteiger partial charge is 0.341 e. The second-order valence-electron chi connectivity index (χ2n) is 6.67. The molecule has 1 saturated carbocycles. The Hall–Kier alpha value is -2.92. The van der Waals surface area contributed by atoms with Crippen LogP contribution in [-0.4, -0.2) is 15.3 Å². The highest BCUT2D eigenvalue weighted by Gasteiger charge is 2.45. The van der Waals surface area contributed by atoms with Gasteiger partial charge in [0.05, 0.1) is 11.2 Å². The lowest BCUT2D eigenvalue weighted by atomic mass is 10.1. The number of carbonyl (C=O) groups excluding carboxylic acids is 1. The van der Waals surface area contributed by atoms with Crippen molar-refractivity contribution in [1.82, 2.24) is 14.7 Å². The predicted molar refractivity (Wildman–Crippen MR) is 103 cm³/mol. The van der Waals surface area contributed by atoms with Gasteiger partial charge in [0, 0.05) is 17.1 Å². The number of nitrogens with zero attached hydrogens (tertiary/aromatic N) is 2. The van der Waals surface area contributed by atoms with Crippen molar-refractivity contribution in [3.05, 3.63) is 83.5 Å². The minimum atomic E-state index is -0.213. The summed E-state index contributed by atoms with van der Waals surface area (Å²) < 4.78 is 1.89. The molecule has 2 aromatic carbocycles. The van der Waals surface area contributed by atoms with E-state index in [2.05, 4.69) is 22.4 Å². The summed E-state index contributed by atoms with van der Waals surface area (Å²) >= 11 is 1.49. The number of amides is 1. The molecule has 0 radical (unpaired) electrons. The normalized spacial score (nSPS) is 15.1. The Morgan fingerprint density at radius 3 is 2.42 bits per heavy atom. The van der Waals surface area contributed by atoms with Crippen LogP contribution < -0.4 is 5.32 Å².